The molecule has 4 N–H and O–H groups in total. The molecule has 0 saturated carbocycles. The summed E-state index contributed by atoms with van der Waals surface area (Å²) >= 11 is 0. The van der Waals surface area contributed by atoms with Crippen molar-refractivity contribution in [2.45, 2.75) is 0 Å². The van der Waals surface area contributed by atoms with Crippen LogP contribution in [0.3, 0.4) is 0 Å². The summed E-state index contributed by atoms with van der Waals surface area (Å²) < 4.78 is 13.7. The number of nitrogens with one attached hydrogen (secondary N) is 2. The number of pyridine rings is 1. The van der Waals surface area contributed by atoms with Gasteiger partial charge in [-0.15, -0.1) is 0 Å². The van der Waals surface area contributed by atoms with E-state index in [0.29, 0.717) is 10.9 Å². The second-order valence-corrected chi connectivity index (χ2v) is 5.09. The Labute approximate surface area is 135 Å². The number of benzene rings is 2. The molecular weight excluding hydrogens is 313 g/mol. The highest BCUT2D eigenvalue weighted by Gasteiger charge is 2.15. The molecule has 2 amide bonds. The van der Waals surface area contributed by atoms with Crippen molar-refractivity contribution < 1.29 is 14.0 Å². The van der Waals surface area contributed by atoms with E-state index in [1.54, 1.807) is 24.3 Å². The molecular formula is C17H12FN3O3. The van der Waals surface area contributed by atoms with Crippen molar-refractivity contribution in [1.82, 2.24) is 4.98 Å². The van der Waals surface area contributed by atoms with Gasteiger partial charge in [-0.25, -0.2) is 4.39 Å². The van der Waals surface area contributed by atoms with Crippen LogP contribution in [0.15, 0.2) is 53.5 Å². The molecule has 0 aliphatic carbocycles. The molecule has 120 valence electrons. The number of rotatable bonds is 3. The number of primary amides is 1. The predicted molar refractivity (Wildman–Crippen MR) is 87.4 cm³/mol. The largest absolute Gasteiger partial charge is 0.366 e. The zero-order valence-electron chi connectivity index (χ0n) is 12.3. The van der Waals surface area contributed by atoms with Gasteiger partial charge in [0.2, 0.25) is 5.43 Å². The lowest BCUT2D eigenvalue weighted by molar-refractivity contribution is 0.0994. The number of carbonyl (C=O) groups is 2. The normalized spacial score (nSPS) is 10.5. The van der Waals surface area contributed by atoms with Gasteiger partial charge in [-0.1, -0.05) is 12.1 Å². The molecule has 0 bridgehead atoms. The van der Waals surface area contributed by atoms with Gasteiger partial charge >= 0.3 is 0 Å². The first kappa shape index (κ1) is 15.4. The second-order valence-electron chi connectivity index (χ2n) is 5.09. The molecule has 1 heterocycles. The van der Waals surface area contributed by atoms with E-state index in [1.165, 1.54) is 12.3 Å². The van der Waals surface area contributed by atoms with Gasteiger partial charge in [-0.2, -0.15) is 0 Å². The summed E-state index contributed by atoms with van der Waals surface area (Å²) in [6.45, 7) is 0. The molecule has 0 fully saturated rings. The maximum Gasteiger partial charge on any atom is 0.261 e. The van der Waals surface area contributed by atoms with Crippen molar-refractivity contribution in [2.75, 3.05) is 5.32 Å². The quantitative estimate of drug-likeness (QED) is 0.686. The highest BCUT2D eigenvalue weighted by atomic mass is 19.1. The fraction of sp³-hybridized carbons (Fsp3) is 0. The van der Waals surface area contributed by atoms with Gasteiger partial charge < -0.3 is 16.0 Å². The lowest BCUT2D eigenvalue weighted by Gasteiger charge is -2.07. The van der Waals surface area contributed by atoms with E-state index in [4.69, 9.17) is 5.73 Å². The lowest BCUT2D eigenvalue weighted by atomic mass is 10.1. The standard InChI is InChI=1S/C17H12FN3O3/c18-13-7-9(5-6-10(13)16(19)23)21-17(24)12-8-20-14-4-2-1-3-11(14)15(12)22/h1-8H,(H2,19,23)(H,20,22)(H,21,24). The highest BCUT2D eigenvalue weighted by molar-refractivity contribution is 6.06. The summed E-state index contributed by atoms with van der Waals surface area (Å²) in [4.78, 5) is 38.5. The second kappa shape index (κ2) is 5.96. The van der Waals surface area contributed by atoms with Gasteiger partial charge in [0.15, 0.2) is 0 Å². The number of H-pyrrole nitrogens is 1. The highest BCUT2D eigenvalue weighted by Crippen LogP contribution is 2.15. The minimum Gasteiger partial charge on any atom is -0.366 e. The van der Waals surface area contributed by atoms with Gasteiger partial charge in [0.25, 0.3) is 11.8 Å². The molecule has 0 saturated heterocycles. The predicted octanol–water partition coefficient (Wildman–Crippen LogP) is 2.02. The van der Waals surface area contributed by atoms with E-state index in [1.807, 2.05) is 0 Å². The number of aromatic nitrogens is 1. The van der Waals surface area contributed by atoms with Crippen LogP contribution < -0.4 is 16.5 Å². The number of anilines is 1. The third kappa shape index (κ3) is 2.74. The Morgan fingerprint density at radius 1 is 1.08 bits per heavy atom. The number of hydrogen-bond donors (Lipinski definition) is 3. The van der Waals surface area contributed by atoms with Crippen LogP contribution >= 0.6 is 0 Å². The number of fused-ring (bicyclic) bond motifs is 1. The van der Waals surface area contributed by atoms with Crippen molar-refractivity contribution in [1.29, 1.82) is 0 Å². The van der Waals surface area contributed by atoms with E-state index >= 15 is 0 Å². The average molecular weight is 325 g/mol. The molecule has 0 aliphatic rings. The third-order valence-electron chi connectivity index (χ3n) is 3.53. The smallest absolute Gasteiger partial charge is 0.261 e. The Kier molecular flexibility index (Phi) is 3.83. The summed E-state index contributed by atoms with van der Waals surface area (Å²) in [6, 6.07) is 10.2. The molecule has 24 heavy (non-hydrogen) atoms. The van der Waals surface area contributed by atoms with Crippen LogP contribution in [0.1, 0.15) is 20.7 Å². The van der Waals surface area contributed by atoms with Crippen molar-refractivity contribution in [3.05, 3.63) is 75.8 Å². The third-order valence-corrected chi connectivity index (χ3v) is 3.53. The fourth-order valence-electron chi connectivity index (χ4n) is 2.33. The Morgan fingerprint density at radius 2 is 1.83 bits per heavy atom. The number of hydrogen-bond acceptors (Lipinski definition) is 3. The first-order chi connectivity index (χ1) is 11.5. The van der Waals surface area contributed by atoms with Crippen LogP contribution in [-0.4, -0.2) is 16.8 Å². The Balaban J connectivity index is 1.93. The van der Waals surface area contributed by atoms with E-state index < -0.39 is 23.1 Å². The minimum absolute atomic E-state index is 0.104. The molecule has 7 heteroatoms. The molecule has 0 spiro atoms. The van der Waals surface area contributed by atoms with E-state index in [-0.39, 0.29) is 16.8 Å². The van der Waals surface area contributed by atoms with Crippen LogP contribution in [0.4, 0.5) is 10.1 Å². The summed E-state index contributed by atoms with van der Waals surface area (Å²) in [5.74, 6) is -2.45. The summed E-state index contributed by atoms with van der Waals surface area (Å²) in [5, 5.41) is 2.80. The first-order valence-electron chi connectivity index (χ1n) is 6.98. The zero-order chi connectivity index (χ0) is 17.3. The maximum atomic E-state index is 13.7. The molecule has 0 atom stereocenters. The SMILES string of the molecule is NC(=O)c1ccc(NC(=O)c2c[nH]c3ccccc3c2=O)cc1F. The molecule has 2 aromatic carbocycles. The van der Waals surface area contributed by atoms with Crippen molar-refractivity contribution in [2.24, 2.45) is 5.73 Å². The number of para-hydroxylation sites is 1. The van der Waals surface area contributed by atoms with Crippen LogP contribution in [-0.2, 0) is 0 Å². The Hall–Kier alpha value is -3.48. The van der Waals surface area contributed by atoms with Crippen LogP contribution in [0.5, 0.6) is 0 Å². The Morgan fingerprint density at radius 3 is 2.54 bits per heavy atom. The molecule has 0 aliphatic heterocycles. The van der Waals surface area contributed by atoms with E-state index in [9.17, 15) is 18.8 Å². The van der Waals surface area contributed by atoms with E-state index in [2.05, 4.69) is 10.3 Å². The number of halogens is 1. The number of nitrogens with two attached hydrogens (primary N) is 1. The topological polar surface area (TPSA) is 105 Å². The van der Waals surface area contributed by atoms with Gasteiger partial charge in [0.1, 0.15) is 11.4 Å². The first-order valence-corrected chi connectivity index (χ1v) is 6.98. The van der Waals surface area contributed by atoms with Crippen LogP contribution in [0.2, 0.25) is 0 Å². The zero-order valence-corrected chi connectivity index (χ0v) is 12.3. The fourth-order valence-corrected chi connectivity index (χ4v) is 2.33. The van der Waals surface area contributed by atoms with E-state index in [0.717, 1.165) is 12.1 Å². The molecule has 3 aromatic rings. The summed E-state index contributed by atoms with van der Waals surface area (Å²) in [5.41, 5.74) is 4.91. The molecule has 6 nitrogen and oxygen atoms in total. The Bertz CT molecular complexity index is 1030. The lowest BCUT2D eigenvalue weighted by Crippen LogP contribution is -2.22. The molecule has 0 radical (unpaired) electrons. The molecule has 3 rings (SSSR count). The molecule has 1 aromatic heterocycles. The average Bonchev–Trinajstić information content (AvgIpc) is 2.55. The van der Waals surface area contributed by atoms with Gasteiger partial charge in [0.05, 0.1) is 5.56 Å². The van der Waals surface area contributed by atoms with Gasteiger partial charge in [0, 0.05) is 22.8 Å². The minimum atomic E-state index is -0.906. The molecule has 0 unspecified atom stereocenters. The van der Waals surface area contributed by atoms with Crippen LogP contribution in [0, 0.1) is 5.82 Å². The number of aromatic amines is 1. The summed E-state index contributed by atoms with van der Waals surface area (Å²) in [6.07, 6.45) is 1.30. The van der Waals surface area contributed by atoms with Crippen molar-refractivity contribution >= 4 is 28.4 Å². The number of amides is 2. The van der Waals surface area contributed by atoms with Crippen LogP contribution in [0.25, 0.3) is 10.9 Å². The van der Waals surface area contributed by atoms with Gasteiger partial charge in [-0.05, 0) is 30.3 Å². The monoisotopic (exact) mass is 325 g/mol. The van der Waals surface area contributed by atoms with Crippen molar-refractivity contribution in [3.63, 3.8) is 0 Å². The summed E-state index contributed by atoms with van der Waals surface area (Å²) in [7, 11) is 0. The maximum absolute atomic E-state index is 13.7. The van der Waals surface area contributed by atoms with Gasteiger partial charge in [-0.3, -0.25) is 14.4 Å². The number of carbonyl (C=O) groups excluding carboxylic acids is 2. The van der Waals surface area contributed by atoms with Crippen molar-refractivity contribution in [3.8, 4) is 0 Å².